The van der Waals surface area contributed by atoms with E-state index in [2.05, 4.69) is 0 Å². The van der Waals surface area contributed by atoms with E-state index in [1.54, 1.807) is 0 Å². The summed E-state index contributed by atoms with van der Waals surface area (Å²) in [7, 11) is 0.743. The Labute approximate surface area is 101 Å². The van der Waals surface area contributed by atoms with Crippen LogP contribution in [0, 0.1) is 0 Å². The number of hydrogen-bond donors (Lipinski definition) is 1. The van der Waals surface area contributed by atoms with E-state index >= 15 is 0 Å². The second-order valence-electron chi connectivity index (χ2n) is 2.48. The Morgan fingerprint density at radius 3 is 2.33 bits per heavy atom. The van der Waals surface area contributed by atoms with E-state index in [0.29, 0.717) is 0 Å². The van der Waals surface area contributed by atoms with E-state index in [1.807, 2.05) is 0 Å². The molecule has 1 rings (SSSR count). The Morgan fingerprint density at radius 2 is 2.11 bits per heavy atom. The molecule has 1 saturated heterocycles. The normalized spacial score (nSPS) is 35.7. The Morgan fingerprint density at radius 1 is 1.44 bits per heavy atom. The first-order valence-corrected chi connectivity index (χ1v) is 4.07. The predicted octanol–water partition coefficient (Wildman–Crippen LogP) is -1.45. The molecule has 1 aliphatic rings. The van der Waals surface area contributed by atoms with Crippen molar-refractivity contribution in [2.75, 3.05) is 6.61 Å². The summed E-state index contributed by atoms with van der Waals surface area (Å²) < 4.78 is 5.08. The Bertz CT molecular complexity index is 79.0. The van der Waals surface area contributed by atoms with Crippen molar-refractivity contribution >= 4 is 61.6 Å². The molecule has 0 amide bonds. The standard InChI is InChI=1S/C5H12O2Si.K.H/c6-5(8)3-1-2-4-7-5;;/h6H,1-4H2,8H3;;. The summed E-state index contributed by atoms with van der Waals surface area (Å²) in [6.45, 7) is 0.750. The number of aliphatic hydroxyl groups is 1. The molecule has 0 aromatic rings. The zero-order chi connectivity index (χ0) is 6.04. The van der Waals surface area contributed by atoms with Crippen LogP contribution in [0.2, 0.25) is 0 Å². The monoisotopic (exact) mass is 172 g/mol. The average molecular weight is 172 g/mol. The van der Waals surface area contributed by atoms with Gasteiger partial charge in [0.1, 0.15) is 5.41 Å². The fourth-order valence-corrected chi connectivity index (χ4v) is 1.48. The van der Waals surface area contributed by atoms with Gasteiger partial charge in [-0.15, -0.1) is 0 Å². The van der Waals surface area contributed by atoms with Crippen LogP contribution in [0.4, 0.5) is 0 Å². The maximum absolute atomic E-state index is 9.21. The molecule has 0 saturated carbocycles. The molecule has 0 spiro atoms. The summed E-state index contributed by atoms with van der Waals surface area (Å²) in [6, 6.07) is 0. The molecule has 2 nitrogen and oxygen atoms in total. The first-order chi connectivity index (χ1) is 3.71. The molecule has 0 bridgehead atoms. The van der Waals surface area contributed by atoms with Gasteiger partial charge in [0.25, 0.3) is 0 Å². The Kier molecular flexibility index (Phi) is 5.52. The van der Waals surface area contributed by atoms with E-state index in [1.165, 1.54) is 0 Å². The Balaban J connectivity index is 0.000000640. The molecule has 0 aromatic heterocycles. The summed E-state index contributed by atoms with van der Waals surface area (Å²) in [5.41, 5.74) is -0.682. The van der Waals surface area contributed by atoms with Gasteiger partial charge >= 0.3 is 51.4 Å². The summed E-state index contributed by atoms with van der Waals surface area (Å²) in [4.78, 5) is 0. The molecule has 1 fully saturated rings. The average Bonchev–Trinajstić information content (AvgIpc) is 1.65. The van der Waals surface area contributed by atoms with Crippen LogP contribution in [0.25, 0.3) is 0 Å². The van der Waals surface area contributed by atoms with Gasteiger partial charge in [-0.1, -0.05) is 0 Å². The molecule has 1 N–H and O–H groups in total. The van der Waals surface area contributed by atoms with Crippen molar-refractivity contribution in [3.63, 3.8) is 0 Å². The van der Waals surface area contributed by atoms with Crippen LogP contribution in [0.15, 0.2) is 0 Å². The van der Waals surface area contributed by atoms with E-state index in [-0.39, 0.29) is 51.4 Å². The van der Waals surface area contributed by atoms with Crippen molar-refractivity contribution in [2.24, 2.45) is 0 Å². The number of ether oxygens (including phenoxy) is 1. The van der Waals surface area contributed by atoms with Crippen molar-refractivity contribution in [3.05, 3.63) is 0 Å². The second-order valence-corrected chi connectivity index (χ2v) is 4.04. The molecular weight excluding hydrogens is 159 g/mol. The van der Waals surface area contributed by atoms with Gasteiger partial charge in [0.2, 0.25) is 0 Å². The molecule has 1 aliphatic heterocycles. The van der Waals surface area contributed by atoms with Crippen LogP contribution in [0.3, 0.4) is 0 Å². The molecule has 1 unspecified atom stereocenters. The summed E-state index contributed by atoms with van der Waals surface area (Å²) >= 11 is 0. The van der Waals surface area contributed by atoms with E-state index in [0.717, 1.165) is 36.1 Å². The quantitative estimate of drug-likeness (QED) is 0.453. The van der Waals surface area contributed by atoms with Crippen molar-refractivity contribution in [1.82, 2.24) is 0 Å². The summed E-state index contributed by atoms with van der Waals surface area (Å²) in [5, 5.41) is 9.21. The second kappa shape index (κ2) is 4.61. The molecule has 0 radical (unpaired) electrons. The van der Waals surface area contributed by atoms with Gasteiger partial charge in [0, 0.05) is 6.61 Å². The molecule has 0 aromatic carbocycles. The third-order valence-corrected chi connectivity index (χ3v) is 2.24. The molecule has 4 heteroatoms. The number of hydrogen-bond acceptors (Lipinski definition) is 2. The van der Waals surface area contributed by atoms with Crippen LogP contribution in [0.5, 0.6) is 0 Å². The zero-order valence-corrected chi connectivity index (χ0v) is 7.18. The van der Waals surface area contributed by atoms with Gasteiger partial charge < -0.3 is 9.84 Å². The molecule has 50 valence electrons. The van der Waals surface area contributed by atoms with Crippen LogP contribution < -0.4 is 0 Å². The fraction of sp³-hybridized carbons (Fsp3) is 1.00. The molecule has 0 aliphatic carbocycles. The van der Waals surface area contributed by atoms with Crippen LogP contribution in [-0.2, 0) is 4.74 Å². The number of rotatable bonds is 0. The van der Waals surface area contributed by atoms with Gasteiger partial charge in [-0.25, -0.2) is 0 Å². The zero-order valence-electron chi connectivity index (χ0n) is 5.18. The molecule has 1 atom stereocenters. The third-order valence-electron chi connectivity index (χ3n) is 1.45. The summed E-state index contributed by atoms with van der Waals surface area (Å²) in [6.07, 6.45) is 3.09. The van der Waals surface area contributed by atoms with Gasteiger partial charge in [-0.2, -0.15) is 0 Å². The SMILES string of the molecule is OC1([SiH3])CCCCO1.[KH]. The topological polar surface area (TPSA) is 29.5 Å². The van der Waals surface area contributed by atoms with Crippen molar-refractivity contribution in [2.45, 2.75) is 24.7 Å². The predicted molar refractivity (Wildman–Crippen MR) is 41.8 cm³/mol. The van der Waals surface area contributed by atoms with Gasteiger partial charge in [-0.05, 0) is 19.3 Å². The first kappa shape index (κ1) is 10.8. The van der Waals surface area contributed by atoms with Crippen LogP contribution in [0.1, 0.15) is 19.3 Å². The van der Waals surface area contributed by atoms with E-state index < -0.39 is 5.41 Å². The third kappa shape index (κ3) is 4.26. The maximum atomic E-state index is 9.21. The summed E-state index contributed by atoms with van der Waals surface area (Å²) in [5.74, 6) is 0. The van der Waals surface area contributed by atoms with Gasteiger partial charge in [-0.3, -0.25) is 0 Å². The molecule has 1 heterocycles. The van der Waals surface area contributed by atoms with Crippen molar-refractivity contribution < 1.29 is 9.84 Å². The van der Waals surface area contributed by atoms with E-state index in [4.69, 9.17) is 4.74 Å². The van der Waals surface area contributed by atoms with Crippen molar-refractivity contribution in [1.29, 1.82) is 0 Å². The van der Waals surface area contributed by atoms with Gasteiger partial charge in [0.15, 0.2) is 0 Å². The Hall–Kier alpha value is 1.77. The molecule has 9 heavy (non-hydrogen) atoms. The minimum atomic E-state index is -0.682. The van der Waals surface area contributed by atoms with Crippen LogP contribution in [-0.4, -0.2) is 78.8 Å². The molecular formula is C5H13KO2Si. The van der Waals surface area contributed by atoms with Crippen LogP contribution >= 0.6 is 0 Å². The van der Waals surface area contributed by atoms with E-state index in [9.17, 15) is 5.11 Å². The van der Waals surface area contributed by atoms with Crippen molar-refractivity contribution in [3.8, 4) is 0 Å². The first-order valence-electron chi connectivity index (χ1n) is 3.07. The van der Waals surface area contributed by atoms with Gasteiger partial charge in [0.05, 0.1) is 10.2 Å². The minimum absolute atomic E-state index is 0. The fourth-order valence-electron chi connectivity index (χ4n) is 0.919.